The number of anilines is 2. The van der Waals surface area contributed by atoms with E-state index in [1.165, 1.54) is 49.7 Å². The zero-order valence-corrected chi connectivity index (χ0v) is 50.4. The molecule has 5 heterocycles. The molecule has 3 unspecified atom stereocenters. The molecule has 2 aromatic heterocycles. The highest BCUT2D eigenvalue weighted by Gasteiger charge is 2.46. The first kappa shape index (κ1) is 63.3. The Labute approximate surface area is 471 Å². The Morgan fingerprint density at radius 1 is 1.01 bits per heavy atom. The molecule has 3 aliphatic rings. The van der Waals surface area contributed by atoms with Gasteiger partial charge in [0.15, 0.2) is 16.9 Å². The van der Waals surface area contributed by atoms with Crippen LogP contribution in [0.2, 0.25) is 0 Å². The highest BCUT2D eigenvalue weighted by atomic mass is 33.1. The first-order chi connectivity index (χ1) is 37.2. The van der Waals surface area contributed by atoms with Gasteiger partial charge < -0.3 is 45.0 Å². The number of nitrogen functional groups attached to an aromatic ring is 1. The molecule has 31 heteroatoms. The smallest absolute Gasteiger partial charge is 0.369 e. The molecule has 0 bridgehead atoms. The molecule has 0 aliphatic carbocycles. The second-order valence-electron chi connectivity index (χ2n) is 20.9. The minimum atomic E-state index is -5.79. The predicted molar refractivity (Wildman–Crippen MR) is 304 cm³/mol. The van der Waals surface area contributed by atoms with Crippen LogP contribution < -0.4 is 21.5 Å². The van der Waals surface area contributed by atoms with Crippen molar-refractivity contribution in [3.63, 3.8) is 0 Å². The molecule has 1 fully saturated rings. The Kier molecular flexibility index (Phi) is 19.7. The molecule has 25 nitrogen and oxygen atoms in total. The lowest BCUT2D eigenvalue weighted by atomic mass is 9.81. The maximum Gasteiger partial charge on any atom is 0.490 e. The van der Waals surface area contributed by atoms with Crippen LogP contribution in [0.25, 0.3) is 11.2 Å². The number of amides is 1. The number of fused-ring (bicyclic) bond motifs is 3. The van der Waals surface area contributed by atoms with Crippen molar-refractivity contribution in [2.45, 2.75) is 126 Å². The zero-order valence-electron chi connectivity index (χ0n) is 45.2. The number of benzene rings is 2. The van der Waals surface area contributed by atoms with E-state index in [4.69, 9.17) is 29.5 Å². The number of nitrogens with zero attached hydrogens (tertiary/aromatic N) is 5. The molecule has 438 valence electrons. The SMILES string of the molecule is CCN1/C(=C/C=C/C=C/C2=[N+](CCCCCC(=O)NCC(C)(C)SSCOC3C[C@H](n4cnc5c(=O)[nH]c(N)nc54)O[C@@H]3COP(=O)(O)OP(=O)(O)OP(=O)(O)O)c3ccc(C)cc3C2(C)C)C(C)(C)c2cc(S(=O)(=O)O)ccc21. The molecular formula is C49H68N8O17P3S3+. The number of nitrogens with two attached hydrogens (primary N) is 1. The Morgan fingerprint density at radius 3 is 2.45 bits per heavy atom. The largest absolute Gasteiger partial charge is 0.490 e. The van der Waals surface area contributed by atoms with E-state index in [1.807, 2.05) is 58.9 Å². The Bertz CT molecular complexity index is 3450. The van der Waals surface area contributed by atoms with Crippen molar-refractivity contribution < 1.29 is 78.2 Å². The number of imidazole rings is 1. The quantitative estimate of drug-likeness (QED) is 0.00562. The lowest BCUT2D eigenvalue weighted by Crippen LogP contribution is -2.35. The van der Waals surface area contributed by atoms with E-state index >= 15 is 0 Å². The van der Waals surface area contributed by atoms with Crippen LogP contribution in [0.5, 0.6) is 0 Å². The molecule has 1 amide bonds. The summed E-state index contributed by atoms with van der Waals surface area (Å²) in [6.07, 6.45) is 11.2. The minimum Gasteiger partial charge on any atom is -0.369 e. The van der Waals surface area contributed by atoms with Gasteiger partial charge in [0.2, 0.25) is 17.5 Å². The van der Waals surface area contributed by atoms with Crippen molar-refractivity contribution >= 4 is 95.3 Å². The fourth-order valence-electron chi connectivity index (χ4n) is 9.83. The first-order valence-electron chi connectivity index (χ1n) is 25.3. The van der Waals surface area contributed by atoms with Gasteiger partial charge in [0.25, 0.3) is 15.7 Å². The van der Waals surface area contributed by atoms with Crippen LogP contribution in [-0.2, 0) is 62.1 Å². The summed E-state index contributed by atoms with van der Waals surface area (Å²) in [6, 6.07) is 11.2. The number of carbonyl (C=O) groups is 1. The molecule has 7 rings (SSSR count). The molecule has 3 aliphatic heterocycles. The monoisotopic (exact) mass is 1230 g/mol. The van der Waals surface area contributed by atoms with Crippen LogP contribution >= 0.6 is 45.1 Å². The van der Waals surface area contributed by atoms with Gasteiger partial charge >= 0.3 is 23.5 Å². The second-order valence-corrected chi connectivity index (χ2v) is 29.7. The Morgan fingerprint density at radius 2 is 1.75 bits per heavy atom. The summed E-state index contributed by atoms with van der Waals surface area (Å²) in [7, 11) is -18.5. The van der Waals surface area contributed by atoms with Crippen LogP contribution in [0.3, 0.4) is 0 Å². The van der Waals surface area contributed by atoms with Crippen molar-refractivity contribution in [3.05, 3.63) is 106 Å². The van der Waals surface area contributed by atoms with Crippen LogP contribution in [-0.4, -0.2) is 117 Å². The number of likely N-dealkylation sites (N-methyl/N-ethyl adjacent to an activating group) is 1. The van der Waals surface area contributed by atoms with Gasteiger partial charge in [-0.05, 0) is 90.3 Å². The lowest BCUT2D eigenvalue weighted by Gasteiger charge is -2.25. The van der Waals surface area contributed by atoms with Crippen molar-refractivity contribution in [2.24, 2.45) is 0 Å². The number of allylic oxidation sites excluding steroid dienone is 6. The third kappa shape index (κ3) is 15.5. The Balaban J connectivity index is 0.903. The van der Waals surface area contributed by atoms with Gasteiger partial charge in [0.1, 0.15) is 24.8 Å². The maximum atomic E-state index is 13.1. The molecule has 4 aromatic rings. The molecule has 9 N–H and O–H groups in total. The number of H-pyrrole nitrogens is 1. The lowest BCUT2D eigenvalue weighted by molar-refractivity contribution is -0.438. The van der Waals surface area contributed by atoms with Crippen molar-refractivity contribution in [3.8, 4) is 0 Å². The van der Waals surface area contributed by atoms with Gasteiger partial charge in [-0.25, -0.2) is 18.7 Å². The number of nitrogens with one attached hydrogen (secondary N) is 2. The van der Waals surface area contributed by atoms with Crippen LogP contribution in [0.1, 0.15) is 103 Å². The van der Waals surface area contributed by atoms with E-state index in [2.05, 4.69) is 83.4 Å². The fourth-order valence-corrected chi connectivity index (χ4v) is 15.5. The van der Waals surface area contributed by atoms with Crippen molar-refractivity contribution in [2.75, 3.05) is 42.8 Å². The number of phosphoric ester groups is 1. The number of ether oxygens (including phenoxy) is 2. The van der Waals surface area contributed by atoms with E-state index in [0.717, 1.165) is 47.7 Å². The summed E-state index contributed by atoms with van der Waals surface area (Å²) in [6.45, 7) is 17.5. The van der Waals surface area contributed by atoms with Gasteiger partial charge in [0, 0.05) is 71.6 Å². The number of phosphoric acid groups is 3. The summed E-state index contributed by atoms with van der Waals surface area (Å²) >= 11 is 0. The summed E-state index contributed by atoms with van der Waals surface area (Å²) in [4.78, 5) is 75.7. The van der Waals surface area contributed by atoms with Crippen molar-refractivity contribution in [1.82, 2.24) is 24.8 Å². The average molecular weight is 1230 g/mol. The van der Waals surface area contributed by atoms with Gasteiger partial charge in [-0.15, -0.1) is 0 Å². The standard InChI is InChI=1S/C49H67N8O17P3S3/c1-9-55-35-22-20-32(80(67,68)69)25-34(35)49(7,8)39(55)16-12-10-13-17-40-48(5,6)33-24-31(2)19-21-36(33)56(40)23-15-11-14-18-41(58)51-28-47(3,4)79-78-30-70-37-26-42(57-29-52-43-44(57)53-46(50)54-45(43)59)72-38(37)27-71-76(63,64)74-77(65,66)73-75(60,61)62/h10,12-13,16-17,19-22,24-25,29,37-38,42H,9,11,14-15,18,23,26-28,30H2,1-8H3,(H8-,50,51,53,54,58,59,60,61,62,63,64,65,66,67,68,69)/p+1/t37?,38-,42-/m1/s1. The Hall–Kier alpha value is -4.31. The fraction of sp³-hybridized carbons (Fsp3) is 0.490. The number of aromatic amines is 1. The normalized spacial score (nSPS) is 21.2. The van der Waals surface area contributed by atoms with E-state index in [9.17, 15) is 46.0 Å². The number of hydrogen-bond donors (Lipinski definition) is 8. The zero-order chi connectivity index (χ0) is 58.8. The molecule has 1 saturated heterocycles. The number of unbranched alkanes of at least 4 members (excludes halogenated alkanes) is 2. The van der Waals surface area contributed by atoms with Crippen LogP contribution in [0.15, 0.2) is 88.5 Å². The molecular weight excluding hydrogens is 1160 g/mol. The first-order valence-corrected chi connectivity index (χ1v) is 33.6. The number of carbonyl (C=O) groups excluding carboxylic acids is 1. The second kappa shape index (κ2) is 24.9. The number of aryl methyl sites for hydroxylation is 1. The number of hydrogen-bond acceptors (Lipinski definition) is 18. The third-order valence-corrected chi connectivity index (χ3v) is 21.2. The van der Waals surface area contributed by atoms with E-state index in [0.29, 0.717) is 25.9 Å². The molecule has 5 atom stereocenters. The van der Waals surface area contributed by atoms with E-state index in [1.54, 1.807) is 12.1 Å². The summed E-state index contributed by atoms with van der Waals surface area (Å²) in [5.41, 5.74) is 11.8. The van der Waals surface area contributed by atoms with Crippen molar-refractivity contribution in [1.29, 1.82) is 0 Å². The molecule has 0 saturated carbocycles. The van der Waals surface area contributed by atoms with Crippen LogP contribution in [0.4, 0.5) is 17.3 Å². The van der Waals surface area contributed by atoms with E-state index in [-0.39, 0.29) is 45.7 Å². The number of aromatic nitrogens is 4. The summed E-state index contributed by atoms with van der Waals surface area (Å²) in [5, 5.41) is 3.04. The van der Waals surface area contributed by atoms with Gasteiger partial charge in [0.05, 0.1) is 29.3 Å². The summed E-state index contributed by atoms with van der Waals surface area (Å²) in [5.74, 6) is -0.255. The van der Waals surface area contributed by atoms with Gasteiger partial charge in [-0.2, -0.15) is 26.6 Å². The summed E-state index contributed by atoms with van der Waals surface area (Å²) < 4.78 is 97.2. The van der Waals surface area contributed by atoms with E-state index < -0.39 is 74.4 Å². The van der Waals surface area contributed by atoms with Crippen LogP contribution in [0, 0.1) is 6.92 Å². The predicted octanol–water partition coefficient (Wildman–Crippen LogP) is 7.96. The molecule has 0 spiro atoms. The third-order valence-electron chi connectivity index (χ3n) is 13.6. The highest BCUT2D eigenvalue weighted by molar-refractivity contribution is 8.77. The average Bonchev–Trinajstić information content (AvgIpc) is 4.13. The topological polar surface area (TPSA) is 358 Å². The maximum absolute atomic E-state index is 13.1. The van der Waals surface area contributed by atoms with Gasteiger partial charge in [-0.3, -0.25) is 28.2 Å². The number of rotatable bonds is 26. The van der Waals surface area contributed by atoms with Gasteiger partial charge in [-0.1, -0.05) is 65.3 Å². The molecule has 2 aromatic carbocycles. The minimum absolute atomic E-state index is 0.0324. The molecule has 80 heavy (non-hydrogen) atoms. The molecule has 0 radical (unpaired) electrons. The highest BCUT2D eigenvalue weighted by Crippen LogP contribution is 2.66.